The molecule has 0 aliphatic heterocycles. The van der Waals surface area contributed by atoms with Gasteiger partial charge in [-0.25, -0.2) is 0 Å². The molecule has 0 saturated heterocycles. The van der Waals surface area contributed by atoms with Crippen LogP contribution in [0.25, 0.3) is 0 Å². The van der Waals surface area contributed by atoms with Gasteiger partial charge in [0, 0.05) is 6.61 Å². The third-order valence-electron chi connectivity index (χ3n) is 0.929. The number of hydrogen-bond acceptors (Lipinski definition) is 1. The first-order valence-corrected chi connectivity index (χ1v) is 4.72. The van der Waals surface area contributed by atoms with Gasteiger partial charge in [0.25, 0.3) is 0 Å². The van der Waals surface area contributed by atoms with Crippen LogP contribution in [-0.2, 0) is 4.74 Å². The molecular weight excluding hydrogens is 248 g/mol. The first kappa shape index (κ1) is 9.92. The van der Waals surface area contributed by atoms with Gasteiger partial charge in [-0.05, 0) is 44.7 Å². The van der Waals surface area contributed by atoms with E-state index in [1.54, 1.807) is 0 Å². The Kier molecular flexibility index (Phi) is 5.17. The van der Waals surface area contributed by atoms with Gasteiger partial charge in [-0.3, -0.25) is 0 Å². The summed E-state index contributed by atoms with van der Waals surface area (Å²) in [6.45, 7) is 4.94. The molecule has 0 aliphatic rings. The summed E-state index contributed by atoms with van der Waals surface area (Å²) in [6.07, 6.45) is 1.98. The quantitative estimate of drug-likeness (QED) is 0.705. The molecule has 0 heterocycles. The molecule has 0 aromatic heterocycles. The van der Waals surface area contributed by atoms with Crippen molar-refractivity contribution in [1.29, 1.82) is 0 Å². The third-order valence-corrected chi connectivity index (χ3v) is 2.51. The molecule has 0 spiro atoms. The zero-order valence-corrected chi connectivity index (χ0v) is 8.96. The molecule has 3 heteroatoms. The van der Waals surface area contributed by atoms with Crippen LogP contribution in [0.3, 0.4) is 0 Å². The van der Waals surface area contributed by atoms with E-state index in [-0.39, 0.29) is 3.42 Å². The van der Waals surface area contributed by atoms with Crippen molar-refractivity contribution in [1.82, 2.24) is 0 Å². The van der Waals surface area contributed by atoms with E-state index in [9.17, 15) is 0 Å². The van der Waals surface area contributed by atoms with Crippen LogP contribution in [0.1, 0.15) is 26.7 Å². The summed E-state index contributed by atoms with van der Waals surface area (Å²) in [7, 11) is 0. The van der Waals surface area contributed by atoms with Crippen molar-refractivity contribution >= 4 is 31.9 Å². The standard InChI is InChI=1S/C6H12Br2O/c1-3-5-9-6(7,8)4-2/h3-5H2,1-2H3. The SMILES string of the molecule is CCCOC(Br)(Br)CC. The molecule has 0 aromatic carbocycles. The second kappa shape index (κ2) is 4.69. The van der Waals surface area contributed by atoms with Gasteiger partial charge in [0.2, 0.25) is 0 Å². The van der Waals surface area contributed by atoms with Gasteiger partial charge in [-0.1, -0.05) is 13.8 Å². The average molecular weight is 260 g/mol. The predicted molar refractivity (Wildman–Crippen MR) is 47.1 cm³/mol. The number of halogens is 2. The Morgan fingerprint density at radius 2 is 1.89 bits per heavy atom. The summed E-state index contributed by atoms with van der Waals surface area (Å²) in [5, 5.41) is 0. The minimum Gasteiger partial charge on any atom is -0.354 e. The molecule has 0 radical (unpaired) electrons. The zero-order valence-electron chi connectivity index (χ0n) is 5.79. The van der Waals surface area contributed by atoms with Crippen LogP contribution in [0, 0.1) is 0 Å². The molecule has 0 amide bonds. The molecule has 0 aromatic rings. The minimum atomic E-state index is -0.282. The van der Waals surface area contributed by atoms with Gasteiger partial charge >= 0.3 is 0 Å². The van der Waals surface area contributed by atoms with Crippen molar-refractivity contribution in [2.45, 2.75) is 30.1 Å². The van der Waals surface area contributed by atoms with Gasteiger partial charge in [-0.2, -0.15) is 0 Å². The molecule has 0 fully saturated rings. The maximum Gasteiger partial charge on any atom is 0.177 e. The van der Waals surface area contributed by atoms with Crippen LogP contribution in [0.5, 0.6) is 0 Å². The zero-order chi connectivity index (χ0) is 7.33. The number of alkyl halides is 2. The number of hydrogen-bond donors (Lipinski definition) is 0. The van der Waals surface area contributed by atoms with Crippen molar-refractivity contribution in [3.05, 3.63) is 0 Å². The molecule has 0 rings (SSSR count). The Labute approximate surface area is 73.4 Å². The highest BCUT2D eigenvalue weighted by molar-refractivity contribution is 9.25. The molecule has 1 nitrogen and oxygen atoms in total. The Bertz CT molecular complexity index is 73.5. The lowest BCUT2D eigenvalue weighted by molar-refractivity contribution is 0.0970. The molecule has 9 heavy (non-hydrogen) atoms. The van der Waals surface area contributed by atoms with E-state index in [1.807, 2.05) is 0 Å². The summed E-state index contributed by atoms with van der Waals surface area (Å²) >= 11 is 6.75. The van der Waals surface area contributed by atoms with Crippen molar-refractivity contribution in [3.63, 3.8) is 0 Å². The Morgan fingerprint density at radius 1 is 1.33 bits per heavy atom. The van der Waals surface area contributed by atoms with E-state index in [1.165, 1.54) is 0 Å². The lowest BCUT2D eigenvalue weighted by atomic mass is 10.5. The molecule has 0 aliphatic carbocycles. The number of rotatable bonds is 4. The summed E-state index contributed by atoms with van der Waals surface area (Å²) < 4.78 is 5.08. The topological polar surface area (TPSA) is 9.23 Å². The van der Waals surface area contributed by atoms with Crippen LogP contribution >= 0.6 is 31.9 Å². The van der Waals surface area contributed by atoms with Gasteiger partial charge in [0.15, 0.2) is 3.42 Å². The normalized spacial score (nSPS) is 12.0. The van der Waals surface area contributed by atoms with Crippen LogP contribution in [-0.4, -0.2) is 10.0 Å². The van der Waals surface area contributed by atoms with Gasteiger partial charge in [0.1, 0.15) is 0 Å². The summed E-state index contributed by atoms with van der Waals surface area (Å²) in [5.41, 5.74) is 0. The van der Waals surface area contributed by atoms with E-state index in [2.05, 4.69) is 45.7 Å². The Hall–Kier alpha value is 0.920. The Balaban J connectivity index is 3.33. The van der Waals surface area contributed by atoms with Crippen molar-refractivity contribution in [2.75, 3.05) is 6.61 Å². The van der Waals surface area contributed by atoms with E-state index < -0.39 is 0 Å². The lowest BCUT2D eigenvalue weighted by Crippen LogP contribution is -2.14. The van der Waals surface area contributed by atoms with E-state index in [0.717, 1.165) is 19.4 Å². The van der Waals surface area contributed by atoms with Crippen molar-refractivity contribution < 1.29 is 4.74 Å². The van der Waals surface area contributed by atoms with Crippen LogP contribution in [0.4, 0.5) is 0 Å². The van der Waals surface area contributed by atoms with Crippen LogP contribution in [0.15, 0.2) is 0 Å². The molecule has 0 saturated carbocycles. The van der Waals surface area contributed by atoms with E-state index in [0.29, 0.717) is 0 Å². The first-order valence-electron chi connectivity index (χ1n) is 3.14. The summed E-state index contributed by atoms with van der Waals surface area (Å²) in [5.74, 6) is 0. The highest BCUT2D eigenvalue weighted by atomic mass is 79.9. The lowest BCUT2D eigenvalue weighted by Gasteiger charge is -2.18. The van der Waals surface area contributed by atoms with Crippen molar-refractivity contribution in [2.24, 2.45) is 0 Å². The molecule has 0 atom stereocenters. The molecule has 0 unspecified atom stereocenters. The van der Waals surface area contributed by atoms with Crippen LogP contribution < -0.4 is 0 Å². The molecule has 56 valence electrons. The van der Waals surface area contributed by atoms with Gasteiger partial charge < -0.3 is 4.74 Å². The summed E-state index contributed by atoms with van der Waals surface area (Å²) in [4.78, 5) is 0. The average Bonchev–Trinajstić information content (AvgIpc) is 1.84. The monoisotopic (exact) mass is 258 g/mol. The Morgan fingerprint density at radius 3 is 2.22 bits per heavy atom. The fraction of sp³-hybridized carbons (Fsp3) is 1.00. The van der Waals surface area contributed by atoms with E-state index in [4.69, 9.17) is 4.74 Å². The van der Waals surface area contributed by atoms with Gasteiger partial charge in [0.05, 0.1) is 0 Å². The maximum atomic E-state index is 5.36. The van der Waals surface area contributed by atoms with E-state index >= 15 is 0 Å². The minimum absolute atomic E-state index is 0.282. The smallest absolute Gasteiger partial charge is 0.177 e. The fourth-order valence-corrected chi connectivity index (χ4v) is 0.677. The molecular formula is C6H12Br2O. The molecule has 0 bridgehead atoms. The second-order valence-corrected chi connectivity index (χ2v) is 5.47. The first-order chi connectivity index (χ1) is 4.12. The predicted octanol–water partition coefficient (Wildman–Crippen LogP) is 3.27. The second-order valence-electron chi connectivity index (χ2n) is 1.84. The fourth-order valence-electron chi connectivity index (χ4n) is 0.353. The highest BCUT2D eigenvalue weighted by Gasteiger charge is 2.18. The molecule has 0 N–H and O–H groups in total. The van der Waals surface area contributed by atoms with Crippen LogP contribution in [0.2, 0.25) is 0 Å². The van der Waals surface area contributed by atoms with Gasteiger partial charge in [-0.15, -0.1) is 0 Å². The summed E-state index contributed by atoms with van der Waals surface area (Å²) in [6, 6.07) is 0. The highest BCUT2D eigenvalue weighted by Crippen LogP contribution is 2.30. The largest absolute Gasteiger partial charge is 0.354 e. The maximum absolute atomic E-state index is 5.36. The third kappa shape index (κ3) is 5.37. The van der Waals surface area contributed by atoms with Crippen molar-refractivity contribution in [3.8, 4) is 0 Å². The number of ether oxygens (including phenoxy) is 1.